The SMILES string of the molecule is CC[As](CC)c1cccc(O)c1. The first-order chi connectivity index (χ1) is 5.77. The van der Waals surface area contributed by atoms with Crippen molar-refractivity contribution in [3.63, 3.8) is 0 Å². The molecule has 0 amide bonds. The number of rotatable bonds is 3. The van der Waals surface area contributed by atoms with Crippen LogP contribution in [0.5, 0.6) is 5.75 Å². The van der Waals surface area contributed by atoms with Gasteiger partial charge in [0.05, 0.1) is 0 Å². The molecule has 1 aromatic carbocycles. The molecule has 0 aromatic heterocycles. The van der Waals surface area contributed by atoms with Gasteiger partial charge in [0.25, 0.3) is 0 Å². The normalized spacial score (nSPS) is 10.6. The van der Waals surface area contributed by atoms with Crippen LogP contribution in [-0.4, -0.2) is 19.8 Å². The molecule has 1 rings (SSSR count). The third-order valence-corrected chi connectivity index (χ3v) is 7.28. The Hall–Kier alpha value is -0.422. The van der Waals surface area contributed by atoms with Gasteiger partial charge in [-0.05, 0) is 0 Å². The zero-order valence-electron chi connectivity index (χ0n) is 7.62. The molecule has 0 aliphatic heterocycles. The fraction of sp³-hybridized carbons (Fsp3) is 0.400. The van der Waals surface area contributed by atoms with Crippen LogP contribution >= 0.6 is 0 Å². The Morgan fingerprint density at radius 1 is 1.25 bits per heavy atom. The second kappa shape index (κ2) is 4.57. The minimum atomic E-state index is -0.805. The molecule has 12 heavy (non-hydrogen) atoms. The van der Waals surface area contributed by atoms with Gasteiger partial charge < -0.3 is 0 Å². The van der Waals surface area contributed by atoms with E-state index in [9.17, 15) is 5.11 Å². The molecule has 0 fully saturated rings. The molecule has 0 unspecified atom stereocenters. The van der Waals surface area contributed by atoms with E-state index in [-0.39, 0.29) is 0 Å². The number of benzene rings is 1. The van der Waals surface area contributed by atoms with Crippen molar-refractivity contribution in [1.29, 1.82) is 0 Å². The van der Waals surface area contributed by atoms with Gasteiger partial charge in [-0.3, -0.25) is 0 Å². The molecule has 0 bridgehead atoms. The maximum absolute atomic E-state index is 9.28. The van der Waals surface area contributed by atoms with Crippen LogP contribution < -0.4 is 4.35 Å². The fourth-order valence-corrected chi connectivity index (χ4v) is 5.03. The molecule has 66 valence electrons. The van der Waals surface area contributed by atoms with Crippen LogP contribution in [0.1, 0.15) is 13.8 Å². The third-order valence-electron chi connectivity index (χ3n) is 1.96. The Kier molecular flexibility index (Phi) is 3.68. The summed E-state index contributed by atoms with van der Waals surface area (Å²) in [5, 5.41) is 11.8. The summed E-state index contributed by atoms with van der Waals surface area (Å²) in [6.07, 6.45) is 0. The molecule has 0 heterocycles. The van der Waals surface area contributed by atoms with Crippen molar-refractivity contribution < 1.29 is 5.11 Å². The molecule has 1 N–H and O–H groups in total. The van der Waals surface area contributed by atoms with Gasteiger partial charge in [0.15, 0.2) is 0 Å². The topological polar surface area (TPSA) is 20.2 Å². The van der Waals surface area contributed by atoms with Crippen molar-refractivity contribution in [2.45, 2.75) is 24.3 Å². The molecule has 0 spiro atoms. The summed E-state index contributed by atoms with van der Waals surface area (Å²) in [4.78, 5) is 0. The quantitative estimate of drug-likeness (QED) is 0.783. The van der Waals surface area contributed by atoms with Crippen LogP contribution in [0.3, 0.4) is 0 Å². The van der Waals surface area contributed by atoms with Gasteiger partial charge in [0.1, 0.15) is 0 Å². The average Bonchev–Trinajstić information content (AvgIpc) is 2.07. The third kappa shape index (κ3) is 2.28. The number of hydrogen-bond acceptors (Lipinski definition) is 1. The summed E-state index contributed by atoms with van der Waals surface area (Å²) in [6.45, 7) is 4.49. The summed E-state index contributed by atoms with van der Waals surface area (Å²) < 4.78 is 1.40. The second-order valence-corrected chi connectivity index (χ2v) is 8.69. The molecule has 2 heteroatoms. The first kappa shape index (κ1) is 9.66. The summed E-state index contributed by atoms with van der Waals surface area (Å²) in [5.74, 6) is 0.411. The van der Waals surface area contributed by atoms with Crippen molar-refractivity contribution in [3.8, 4) is 5.75 Å². The number of hydrogen-bond donors (Lipinski definition) is 1. The Bertz CT molecular complexity index is 243. The van der Waals surface area contributed by atoms with E-state index in [1.807, 2.05) is 12.1 Å². The second-order valence-electron chi connectivity index (χ2n) is 2.69. The van der Waals surface area contributed by atoms with Crippen molar-refractivity contribution in [3.05, 3.63) is 24.3 Å². The predicted molar refractivity (Wildman–Crippen MR) is 54.5 cm³/mol. The fourth-order valence-electron chi connectivity index (χ4n) is 1.28. The Balaban J connectivity index is 2.85. The van der Waals surface area contributed by atoms with Crippen molar-refractivity contribution in [1.82, 2.24) is 0 Å². The molecular weight excluding hydrogens is 211 g/mol. The number of phenols is 1. The van der Waals surface area contributed by atoms with Crippen LogP contribution in [0, 0.1) is 0 Å². The summed E-state index contributed by atoms with van der Waals surface area (Å²) in [6, 6.07) is 7.75. The van der Waals surface area contributed by atoms with Gasteiger partial charge in [0.2, 0.25) is 0 Å². The average molecular weight is 226 g/mol. The van der Waals surface area contributed by atoms with Crippen LogP contribution in [0.15, 0.2) is 24.3 Å². The zero-order chi connectivity index (χ0) is 8.97. The first-order valence-corrected chi connectivity index (χ1v) is 7.91. The minimum absolute atomic E-state index is 0.411. The first-order valence-electron chi connectivity index (χ1n) is 4.32. The van der Waals surface area contributed by atoms with Crippen molar-refractivity contribution in [2.24, 2.45) is 0 Å². The van der Waals surface area contributed by atoms with E-state index < -0.39 is 14.7 Å². The molecule has 0 radical (unpaired) electrons. The molecule has 1 nitrogen and oxygen atoms in total. The van der Waals surface area contributed by atoms with Gasteiger partial charge in [-0.2, -0.15) is 0 Å². The molecule has 1 aromatic rings. The molecule has 0 saturated carbocycles. The van der Waals surface area contributed by atoms with E-state index in [2.05, 4.69) is 19.9 Å². The maximum atomic E-state index is 9.28. The van der Waals surface area contributed by atoms with Crippen LogP contribution in [0.25, 0.3) is 0 Å². The van der Waals surface area contributed by atoms with Gasteiger partial charge in [-0.1, -0.05) is 0 Å². The molecular formula is C10H15AsO. The van der Waals surface area contributed by atoms with Gasteiger partial charge >= 0.3 is 78.4 Å². The van der Waals surface area contributed by atoms with E-state index >= 15 is 0 Å². The van der Waals surface area contributed by atoms with Crippen LogP contribution in [0.4, 0.5) is 0 Å². The summed E-state index contributed by atoms with van der Waals surface area (Å²) in [7, 11) is 0. The van der Waals surface area contributed by atoms with Crippen molar-refractivity contribution >= 4 is 19.0 Å². The van der Waals surface area contributed by atoms with Crippen LogP contribution in [0.2, 0.25) is 10.4 Å². The Morgan fingerprint density at radius 3 is 2.42 bits per heavy atom. The van der Waals surface area contributed by atoms with Gasteiger partial charge in [0, 0.05) is 0 Å². The summed E-state index contributed by atoms with van der Waals surface area (Å²) in [5.41, 5.74) is 0. The zero-order valence-corrected chi connectivity index (χ0v) is 9.49. The predicted octanol–water partition coefficient (Wildman–Crippen LogP) is 2.13. The van der Waals surface area contributed by atoms with E-state index in [1.54, 1.807) is 6.07 Å². The van der Waals surface area contributed by atoms with Crippen molar-refractivity contribution in [2.75, 3.05) is 0 Å². The molecule has 0 aliphatic rings. The van der Waals surface area contributed by atoms with E-state index in [0.717, 1.165) is 0 Å². The van der Waals surface area contributed by atoms with Gasteiger partial charge in [-0.25, -0.2) is 0 Å². The monoisotopic (exact) mass is 226 g/mol. The number of aromatic hydroxyl groups is 1. The van der Waals surface area contributed by atoms with E-state index in [1.165, 1.54) is 14.8 Å². The van der Waals surface area contributed by atoms with Gasteiger partial charge in [-0.15, -0.1) is 0 Å². The molecule has 0 saturated heterocycles. The Labute approximate surface area is 78.7 Å². The van der Waals surface area contributed by atoms with E-state index in [4.69, 9.17) is 0 Å². The van der Waals surface area contributed by atoms with Crippen LogP contribution in [-0.2, 0) is 0 Å². The standard InChI is InChI=1S/C10H15AsO/c1-3-11(4-2)9-6-5-7-10(12)8-9/h5-8,12H,3-4H2,1-2H3. The molecule has 0 atom stereocenters. The van der Waals surface area contributed by atoms with E-state index in [0.29, 0.717) is 5.75 Å². The number of phenolic OH excluding ortho intramolecular Hbond substituents is 1. The summed E-state index contributed by atoms with van der Waals surface area (Å²) >= 11 is -0.805. The molecule has 0 aliphatic carbocycles. The Morgan fingerprint density at radius 2 is 1.92 bits per heavy atom.